The van der Waals surface area contributed by atoms with Gasteiger partial charge in [0.2, 0.25) is 0 Å². The zero-order valence-corrected chi connectivity index (χ0v) is 17.6. The summed E-state index contributed by atoms with van der Waals surface area (Å²) in [6.07, 6.45) is 2.44. The highest BCUT2D eigenvalue weighted by atomic mass is 32.1. The molecule has 1 amide bonds. The van der Waals surface area contributed by atoms with Crippen molar-refractivity contribution in [1.29, 1.82) is 0 Å². The molecule has 28 heavy (non-hydrogen) atoms. The number of benzene rings is 1. The van der Waals surface area contributed by atoms with Crippen LogP contribution >= 0.6 is 11.3 Å². The molecule has 0 unspecified atom stereocenters. The van der Waals surface area contributed by atoms with Crippen LogP contribution in [0.2, 0.25) is 0 Å². The highest BCUT2D eigenvalue weighted by Crippen LogP contribution is 2.40. The van der Waals surface area contributed by atoms with E-state index in [4.69, 9.17) is 14.5 Å². The number of nitrogens with zero attached hydrogens (tertiary/aromatic N) is 5. The third-order valence-corrected chi connectivity index (χ3v) is 5.50. The molecule has 0 saturated carbocycles. The number of amides is 1. The molecule has 0 fully saturated rings. The van der Waals surface area contributed by atoms with Crippen molar-refractivity contribution in [2.45, 2.75) is 6.42 Å². The maximum Gasteiger partial charge on any atom is 0.278 e. The van der Waals surface area contributed by atoms with E-state index in [1.54, 1.807) is 43.1 Å². The predicted octanol–water partition coefficient (Wildman–Crippen LogP) is 2.65. The summed E-state index contributed by atoms with van der Waals surface area (Å²) < 4.78 is 13.4. The van der Waals surface area contributed by atoms with Crippen LogP contribution in [0, 0.1) is 0 Å². The lowest BCUT2D eigenvalue weighted by molar-refractivity contribution is 0.0977. The first-order valence-corrected chi connectivity index (χ1v) is 9.74. The van der Waals surface area contributed by atoms with Crippen molar-refractivity contribution in [1.82, 2.24) is 19.7 Å². The number of aryl methyl sites for hydroxylation is 1. The fourth-order valence-electron chi connectivity index (χ4n) is 2.94. The molecule has 0 radical (unpaired) electrons. The number of hydrogen-bond donors (Lipinski definition) is 0. The summed E-state index contributed by atoms with van der Waals surface area (Å²) in [5.41, 5.74) is 1.21. The summed E-state index contributed by atoms with van der Waals surface area (Å²) in [5, 5.41) is 4.74. The van der Waals surface area contributed by atoms with Crippen LogP contribution in [-0.2, 0) is 7.05 Å². The quantitative estimate of drug-likeness (QED) is 0.576. The van der Waals surface area contributed by atoms with Gasteiger partial charge in [-0.05, 0) is 45.3 Å². The Morgan fingerprint density at radius 1 is 1.14 bits per heavy atom. The Morgan fingerprint density at radius 3 is 2.46 bits per heavy atom. The van der Waals surface area contributed by atoms with E-state index in [1.807, 2.05) is 26.2 Å². The van der Waals surface area contributed by atoms with Crippen LogP contribution < -0.4 is 14.4 Å². The smallest absolute Gasteiger partial charge is 0.278 e. The molecule has 8 nitrogen and oxygen atoms in total. The van der Waals surface area contributed by atoms with E-state index in [1.165, 1.54) is 11.3 Å². The number of aromatic nitrogens is 3. The maximum absolute atomic E-state index is 13.2. The van der Waals surface area contributed by atoms with E-state index in [2.05, 4.69) is 10.00 Å². The molecule has 0 aliphatic heterocycles. The van der Waals surface area contributed by atoms with Gasteiger partial charge in [0.05, 0.1) is 14.2 Å². The molecule has 0 N–H and O–H groups in total. The van der Waals surface area contributed by atoms with Crippen LogP contribution in [0.15, 0.2) is 24.4 Å². The third-order valence-electron chi connectivity index (χ3n) is 4.40. The summed E-state index contributed by atoms with van der Waals surface area (Å²) in [4.78, 5) is 21.8. The minimum atomic E-state index is -0.129. The number of carbonyl (C=O) groups excluding carboxylic acids is 1. The van der Waals surface area contributed by atoms with Gasteiger partial charge in [-0.3, -0.25) is 14.4 Å². The Kier molecular flexibility index (Phi) is 6.15. The van der Waals surface area contributed by atoms with Gasteiger partial charge in [-0.15, -0.1) is 0 Å². The second-order valence-corrected chi connectivity index (χ2v) is 7.58. The number of ether oxygens (including phenoxy) is 2. The van der Waals surface area contributed by atoms with Gasteiger partial charge in [0.15, 0.2) is 5.13 Å². The van der Waals surface area contributed by atoms with Gasteiger partial charge >= 0.3 is 0 Å². The van der Waals surface area contributed by atoms with Crippen LogP contribution in [-0.4, -0.2) is 67.0 Å². The monoisotopic (exact) mass is 403 g/mol. The standard InChI is InChI=1S/C19H25N5O3S/c1-22(2)11-6-12-24(18(25)13-9-10-20-23(13)3)19-21-16-14(26-4)7-8-15(27-5)17(16)28-19/h7-10H,6,11-12H2,1-5H3. The van der Waals surface area contributed by atoms with Crippen LogP contribution in [0.5, 0.6) is 11.5 Å². The Bertz CT molecular complexity index is 925. The number of methoxy groups -OCH3 is 2. The fourth-order valence-corrected chi connectivity index (χ4v) is 4.04. The molecule has 3 aromatic rings. The normalized spacial score (nSPS) is 11.2. The highest BCUT2D eigenvalue weighted by molar-refractivity contribution is 7.22. The number of anilines is 1. The largest absolute Gasteiger partial charge is 0.495 e. The molecule has 0 bridgehead atoms. The van der Waals surface area contributed by atoms with Crippen molar-refractivity contribution >= 4 is 32.6 Å². The third kappa shape index (κ3) is 3.95. The molecule has 0 atom stereocenters. The SMILES string of the molecule is COc1ccc(OC)c2sc(N(CCCN(C)C)C(=O)c3ccnn3C)nc12. The van der Waals surface area contributed by atoms with E-state index in [9.17, 15) is 4.79 Å². The van der Waals surface area contributed by atoms with Crippen molar-refractivity contribution in [2.75, 3.05) is 46.3 Å². The average molecular weight is 404 g/mol. The summed E-state index contributed by atoms with van der Waals surface area (Å²) in [6.45, 7) is 1.42. The molecular weight excluding hydrogens is 378 g/mol. The van der Waals surface area contributed by atoms with E-state index >= 15 is 0 Å². The molecule has 0 aliphatic carbocycles. The predicted molar refractivity (Wildman–Crippen MR) is 111 cm³/mol. The number of thiazole rings is 1. The van der Waals surface area contributed by atoms with Crippen molar-refractivity contribution in [3.63, 3.8) is 0 Å². The minimum absolute atomic E-state index is 0.129. The van der Waals surface area contributed by atoms with Crippen molar-refractivity contribution in [2.24, 2.45) is 7.05 Å². The van der Waals surface area contributed by atoms with Crippen molar-refractivity contribution in [3.05, 3.63) is 30.1 Å². The number of carbonyl (C=O) groups is 1. The average Bonchev–Trinajstić information content (AvgIpc) is 3.30. The lowest BCUT2D eigenvalue weighted by Crippen LogP contribution is -2.34. The minimum Gasteiger partial charge on any atom is -0.495 e. The lowest BCUT2D eigenvalue weighted by Gasteiger charge is -2.20. The van der Waals surface area contributed by atoms with Gasteiger partial charge in [-0.25, -0.2) is 4.98 Å². The molecule has 0 aliphatic rings. The summed E-state index contributed by atoms with van der Waals surface area (Å²) in [7, 11) is 9.02. The topological polar surface area (TPSA) is 72.7 Å². The first-order valence-electron chi connectivity index (χ1n) is 8.92. The van der Waals surface area contributed by atoms with Gasteiger partial charge in [-0.1, -0.05) is 11.3 Å². The molecular formula is C19H25N5O3S. The maximum atomic E-state index is 13.2. The van der Waals surface area contributed by atoms with Gasteiger partial charge in [0.1, 0.15) is 27.4 Å². The van der Waals surface area contributed by atoms with Crippen LogP contribution in [0.25, 0.3) is 10.2 Å². The van der Waals surface area contributed by atoms with Gasteiger partial charge in [0, 0.05) is 19.8 Å². The van der Waals surface area contributed by atoms with E-state index < -0.39 is 0 Å². The first-order chi connectivity index (χ1) is 13.5. The number of hydrogen-bond acceptors (Lipinski definition) is 7. The molecule has 0 saturated heterocycles. The van der Waals surface area contributed by atoms with Gasteiger partial charge < -0.3 is 14.4 Å². The zero-order chi connectivity index (χ0) is 20.3. The van der Waals surface area contributed by atoms with E-state index in [0.29, 0.717) is 34.4 Å². The Balaban J connectivity index is 2.04. The second kappa shape index (κ2) is 8.57. The molecule has 150 valence electrons. The Hall–Kier alpha value is -2.65. The molecule has 9 heteroatoms. The Morgan fingerprint density at radius 2 is 1.86 bits per heavy atom. The van der Waals surface area contributed by atoms with Crippen molar-refractivity contribution in [3.8, 4) is 11.5 Å². The highest BCUT2D eigenvalue weighted by Gasteiger charge is 2.25. The molecule has 1 aromatic carbocycles. The van der Waals surface area contributed by atoms with Crippen molar-refractivity contribution < 1.29 is 14.3 Å². The zero-order valence-electron chi connectivity index (χ0n) is 16.8. The summed E-state index contributed by atoms with van der Waals surface area (Å²) >= 11 is 1.42. The summed E-state index contributed by atoms with van der Waals surface area (Å²) in [5.74, 6) is 1.23. The first kappa shape index (κ1) is 20.1. The van der Waals surface area contributed by atoms with Gasteiger partial charge in [-0.2, -0.15) is 5.10 Å². The number of rotatable bonds is 8. The second-order valence-electron chi connectivity index (χ2n) is 6.60. The van der Waals surface area contributed by atoms with Crippen LogP contribution in [0.4, 0.5) is 5.13 Å². The lowest BCUT2D eigenvalue weighted by atomic mass is 10.3. The fraction of sp³-hybridized carbons (Fsp3) is 0.421. The molecule has 2 heterocycles. The molecule has 0 spiro atoms. The molecule has 2 aromatic heterocycles. The Labute approximate surface area is 168 Å². The van der Waals surface area contributed by atoms with Crippen LogP contribution in [0.3, 0.4) is 0 Å². The number of fused-ring (bicyclic) bond motifs is 1. The van der Waals surface area contributed by atoms with Gasteiger partial charge in [0.25, 0.3) is 5.91 Å². The van der Waals surface area contributed by atoms with E-state index in [0.717, 1.165) is 17.7 Å². The van der Waals surface area contributed by atoms with E-state index in [-0.39, 0.29) is 5.91 Å². The molecule has 3 rings (SSSR count). The summed E-state index contributed by atoms with van der Waals surface area (Å²) in [6, 6.07) is 5.39. The van der Waals surface area contributed by atoms with Crippen LogP contribution in [0.1, 0.15) is 16.9 Å².